The molecule has 6 aliphatic rings. The van der Waals surface area contributed by atoms with Gasteiger partial charge in [0.15, 0.2) is 11.5 Å². The summed E-state index contributed by atoms with van der Waals surface area (Å²) in [6.07, 6.45) is -0.373. The van der Waals surface area contributed by atoms with Crippen LogP contribution in [0.4, 0.5) is 0 Å². The molecule has 0 amide bonds. The molecule has 232 valence electrons. The maximum absolute atomic E-state index is 13.7. The molecule has 0 radical (unpaired) electrons. The molecule has 10 heteroatoms. The number of hydrogen-bond acceptors (Lipinski definition) is 10. The quantitative estimate of drug-likeness (QED) is 0.408. The number of rotatable bonds is 7. The van der Waals surface area contributed by atoms with Gasteiger partial charge in [0.25, 0.3) is 0 Å². The minimum absolute atomic E-state index is 0.144. The Kier molecular flexibility index (Phi) is 6.53. The second kappa shape index (κ2) is 9.52. The Labute approximate surface area is 247 Å². The van der Waals surface area contributed by atoms with E-state index >= 15 is 0 Å². The molecule has 1 aliphatic heterocycles. The summed E-state index contributed by atoms with van der Waals surface area (Å²) in [5.74, 6) is -1.12. The second-order valence-electron chi connectivity index (χ2n) is 13.9. The number of methoxy groups -OCH3 is 4. The van der Waals surface area contributed by atoms with Crippen molar-refractivity contribution in [1.29, 1.82) is 0 Å². The zero-order valence-corrected chi connectivity index (χ0v) is 25.4. The van der Waals surface area contributed by atoms with Gasteiger partial charge in [-0.15, -0.1) is 0 Å². The van der Waals surface area contributed by atoms with E-state index in [1.165, 1.54) is 14.2 Å². The fourth-order valence-corrected chi connectivity index (χ4v) is 11.9. The normalized spacial score (nSPS) is 50.0. The number of likely N-dealkylation sites (tertiary alicyclic amines) is 1. The molecular weight excluding hydrogens is 542 g/mol. The molecule has 0 aromatic heterocycles. The van der Waals surface area contributed by atoms with Crippen LogP contribution in [0.25, 0.3) is 0 Å². The number of piperidine rings is 1. The molecule has 1 spiro atoms. The van der Waals surface area contributed by atoms with Crippen molar-refractivity contribution in [3.8, 4) is 11.5 Å². The summed E-state index contributed by atoms with van der Waals surface area (Å²) in [5, 5.41) is 37.3. The Balaban J connectivity index is 1.35. The maximum atomic E-state index is 13.7. The summed E-state index contributed by atoms with van der Waals surface area (Å²) in [6, 6.07) is 4.66. The SMILES string of the molecule is CCN1[C@@H](OC)[C@]2(C)CC[C@H](O)[C@@]34[C@@H]5C[C@H]6[C@H](OC(=O)c7ccc(OC)c(OC)c7)[C@@H]5[C@](O)(C[C@@H]6OC)[C@@H]([C@H](O)[C@H]23)[C@@H]14. The largest absolute Gasteiger partial charge is 0.493 e. The molecule has 0 unspecified atom stereocenters. The molecule has 5 aliphatic carbocycles. The number of fused-ring (bicyclic) bond motifs is 2. The molecule has 14 atom stereocenters. The molecule has 3 N–H and O–H groups in total. The Bertz CT molecular complexity index is 1260. The molecule has 1 heterocycles. The molecule has 1 aromatic rings. The van der Waals surface area contributed by atoms with Crippen LogP contribution in [0, 0.1) is 40.4 Å². The van der Waals surface area contributed by atoms with E-state index in [1.54, 1.807) is 32.4 Å². The Morgan fingerprint density at radius 3 is 2.45 bits per heavy atom. The predicted octanol–water partition coefficient (Wildman–Crippen LogP) is 2.08. The molecule has 5 saturated carbocycles. The van der Waals surface area contributed by atoms with Gasteiger partial charge in [0, 0.05) is 61.2 Å². The highest BCUT2D eigenvalue weighted by atomic mass is 16.6. The summed E-state index contributed by atoms with van der Waals surface area (Å²) in [5.41, 5.74) is -2.10. The van der Waals surface area contributed by atoms with Gasteiger partial charge in [0.1, 0.15) is 12.3 Å². The fraction of sp³-hybridized carbons (Fsp3) is 0.781. The summed E-state index contributed by atoms with van der Waals surface area (Å²) < 4.78 is 29.3. The van der Waals surface area contributed by atoms with Crippen LogP contribution in [0.5, 0.6) is 11.5 Å². The van der Waals surface area contributed by atoms with Gasteiger partial charge in [0.05, 0.1) is 43.7 Å². The number of aliphatic hydroxyl groups is 3. The van der Waals surface area contributed by atoms with Crippen molar-refractivity contribution < 1.29 is 43.8 Å². The molecule has 10 nitrogen and oxygen atoms in total. The van der Waals surface area contributed by atoms with E-state index < -0.39 is 52.5 Å². The molecule has 1 aromatic carbocycles. The smallest absolute Gasteiger partial charge is 0.338 e. The van der Waals surface area contributed by atoms with Gasteiger partial charge in [-0.25, -0.2) is 4.79 Å². The standard InChI is InChI=1S/C32H45NO9/c1-7-33-27-23-24(35)26-30(2,29(33)41-6)11-10-21(34)32(26,27)17-13-16-20(40-5)14-31(23,37)22(17)25(16)42-28(36)15-8-9-18(38-3)19(12-15)39-4/h8-9,12,16-17,20-27,29,34-35,37H,7,10-11,13-14H2,1-6H3/t16-,17-,20+,21+,22-,23+,24+,25+,26-,27-,29+,30-,31-,32+/m1/s1. The monoisotopic (exact) mass is 587 g/mol. The Morgan fingerprint density at radius 1 is 1.07 bits per heavy atom. The highest BCUT2D eigenvalue weighted by Gasteiger charge is 2.87. The second-order valence-corrected chi connectivity index (χ2v) is 13.9. The van der Waals surface area contributed by atoms with Gasteiger partial charge in [0.2, 0.25) is 0 Å². The summed E-state index contributed by atoms with van der Waals surface area (Å²) in [4.78, 5) is 16.0. The van der Waals surface area contributed by atoms with Crippen molar-refractivity contribution in [1.82, 2.24) is 4.90 Å². The van der Waals surface area contributed by atoms with Crippen LogP contribution in [0.1, 0.15) is 49.9 Å². The van der Waals surface area contributed by atoms with Gasteiger partial charge < -0.3 is 39.0 Å². The maximum Gasteiger partial charge on any atom is 0.338 e. The molecule has 7 rings (SSSR count). The molecule has 6 fully saturated rings. The van der Waals surface area contributed by atoms with Crippen LogP contribution in [-0.2, 0) is 14.2 Å². The lowest BCUT2D eigenvalue weighted by atomic mass is 9.43. The van der Waals surface area contributed by atoms with Gasteiger partial charge in [-0.1, -0.05) is 13.8 Å². The van der Waals surface area contributed by atoms with Crippen molar-refractivity contribution in [2.45, 2.75) is 81.8 Å². The van der Waals surface area contributed by atoms with Gasteiger partial charge >= 0.3 is 5.97 Å². The lowest BCUT2D eigenvalue weighted by Gasteiger charge is -2.70. The third-order valence-corrected chi connectivity index (χ3v) is 12.9. The van der Waals surface area contributed by atoms with Crippen molar-refractivity contribution in [3.05, 3.63) is 23.8 Å². The van der Waals surface area contributed by atoms with E-state index in [9.17, 15) is 20.1 Å². The minimum Gasteiger partial charge on any atom is -0.493 e. The topological polar surface area (TPSA) is 127 Å². The Hall–Kier alpha value is -1.95. The number of carbonyl (C=O) groups excluding carboxylic acids is 1. The molecule has 42 heavy (non-hydrogen) atoms. The van der Waals surface area contributed by atoms with E-state index in [-0.39, 0.29) is 36.1 Å². The van der Waals surface area contributed by atoms with Crippen LogP contribution < -0.4 is 9.47 Å². The molecule has 1 saturated heterocycles. The van der Waals surface area contributed by atoms with Crippen LogP contribution in [0.3, 0.4) is 0 Å². The average Bonchev–Trinajstić information content (AvgIpc) is 3.42. The number of aliphatic hydroxyl groups excluding tert-OH is 2. The van der Waals surface area contributed by atoms with Gasteiger partial charge in [-0.2, -0.15) is 0 Å². The number of esters is 1. The first-order chi connectivity index (χ1) is 20.1. The fourth-order valence-electron chi connectivity index (χ4n) is 11.9. The highest BCUT2D eigenvalue weighted by Crippen LogP contribution is 2.79. The average molecular weight is 588 g/mol. The van der Waals surface area contributed by atoms with E-state index in [4.69, 9.17) is 23.7 Å². The summed E-state index contributed by atoms with van der Waals surface area (Å²) in [7, 11) is 6.42. The van der Waals surface area contributed by atoms with E-state index in [1.807, 2.05) is 0 Å². The van der Waals surface area contributed by atoms with E-state index in [0.717, 1.165) is 6.42 Å². The first kappa shape index (κ1) is 28.8. The zero-order valence-electron chi connectivity index (χ0n) is 25.4. The summed E-state index contributed by atoms with van der Waals surface area (Å²) in [6.45, 7) is 4.96. The number of benzene rings is 1. The lowest BCUT2D eigenvalue weighted by molar-refractivity contribution is -0.309. The number of hydrogen-bond donors (Lipinski definition) is 3. The van der Waals surface area contributed by atoms with Crippen molar-refractivity contribution in [3.63, 3.8) is 0 Å². The van der Waals surface area contributed by atoms with Gasteiger partial charge in [-0.3, -0.25) is 4.90 Å². The first-order valence-electron chi connectivity index (χ1n) is 15.4. The van der Waals surface area contributed by atoms with Gasteiger partial charge in [-0.05, 0) is 49.9 Å². The molecular formula is C32H45NO9. The third kappa shape index (κ3) is 3.19. The predicted molar refractivity (Wildman–Crippen MR) is 150 cm³/mol. The van der Waals surface area contributed by atoms with E-state index in [2.05, 4.69) is 18.7 Å². The first-order valence-corrected chi connectivity index (χ1v) is 15.4. The summed E-state index contributed by atoms with van der Waals surface area (Å²) >= 11 is 0. The van der Waals surface area contributed by atoms with Crippen LogP contribution >= 0.6 is 0 Å². The number of nitrogens with zero attached hydrogens (tertiary/aromatic N) is 1. The van der Waals surface area contributed by atoms with Crippen LogP contribution in [0.2, 0.25) is 0 Å². The van der Waals surface area contributed by atoms with E-state index in [0.29, 0.717) is 42.9 Å². The number of carbonyl (C=O) groups is 1. The van der Waals surface area contributed by atoms with Crippen LogP contribution in [-0.4, -0.2) is 103 Å². The third-order valence-electron chi connectivity index (χ3n) is 12.9. The zero-order chi connectivity index (χ0) is 29.9. The van der Waals surface area contributed by atoms with Crippen molar-refractivity contribution in [2.24, 2.45) is 40.4 Å². The van der Waals surface area contributed by atoms with Crippen molar-refractivity contribution >= 4 is 5.97 Å². The number of ether oxygens (including phenoxy) is 5. The molecule has 7 bridgehead atoms. The Morgan fingerprint density at radius 2 is 1.81 bits per heavy atom. The minimum atomic E-state index is -1.36. The van der Waals surface area contributed by atoms with Crippen LogP contribution in [0.15, 0.2) is 18.2 Å². The lowest BCUT2D eigenvalue weighted by Crippen LogP contribution is -2.78. The highest BCUT2D eigenvalue weighted by molar-refractivity contribution is 5.90. The van der Waals surface area contributed by atoms with Crippen molar-refractivity contribution in [2.75, 3.05) is 35.0 Å².